The number of pyridine rings is 2. The number of nitrogens with zero attached hydrogens (tertiary/aromatic N) is 2. The van der Waals surface area contributed by atoms with Crippen molar-refractivity contribution in [3.8, 4) is 11.6 Å². The summed E-state index contributed by atoms with van der Waals surface area (Å²) in [6.07, 6.45) is 3.53. The number of aromatic nitrogens is 2. The molecule has 0 aliphatic carbocycles. The first-order valence-corrected chi connectivity index (χ1v) is 6.73. The number of nitrogens with one attached hydrogen (secondary N) is 1. The normalized spacial score (nSPS) is 11.4. The zero-order valence-corrected chi connectivity index (χ0v) is 12.5. The van der Waals surface area contributed by atoms with Crippen molar-refractivity contribution in [3.05, 3.63) is 47.9 Å². The Kier molecular flexibility index (Phi) is 4.35. The third kappa shape index (κ3) is 4.63. The van der Waals surface area contributed by atoms with Gasteiger partial charge in [0.1, 0.15) is 5.75 Å². The van der Waals surface area contributed by atoms with Gasteiger partial charge in [-0.2, -0.15) is 0 Å². The van der Waals surface area contributed by atoms with E-state index in [0.717, 1.165) is 17.8 Å². The van der Waals surface area contributed by atoms with Crippen molar-refractivity contribution in [1.29, 1.82) is 0 Å². The van der Waals surface area contributed by atoms with Crippen LogP contribution in [0.15, 0.2) is 36.7 Å². The Morgan fingerprint density at radius 1 is 1.05 bits per heavy atom. The van der Waals surface area contributed by atoms with Gasteiger partial charge >= 0.3 is 0 Å². The summed E-state index contributed by atoms with van der Waals surface area (Å²) in [4.78, 5) is 8.49. The molecule has 2 heterocycles. The maximum Gasteiger partial charge on any atom is 0.219 e. The molecule has 4 heteroatoms. The van der Waals surface area contributed by atoms with Crippen LogP contribution in [0.5, 0.6) is 11.6 Å². The van der Waals surface area contributed by atoms with Gasteiger partial charge in [-0.15, -0.1) is 0 Å². The summed E-state index contributed by atoms with van der Waals surface area (Å²) >= 11 is 0. The van der Waals surface area contributed by atoms with Gasteiger partial charge in [0.2, 0.25) is 5.88 Å². The smallest absolute Gasteiger partial charge is 0.219 e. The summed E-state index contributed by atoms with van der Waals surface area (Å²) in [7, 11) is 0. The van der Waals surface area contributed by atoms with Gasteiger partial charge in [-0.3, -0.25) is 4.98 Å². The molecule has 0 saturated heterocycles. The van der Waals surface area contributed by atoms with Gasteiger partial charge in [-0.25, -0.2) is 4.98 Å². The Balaban J connectivity index is 1.96. The van der Waals surface area contributed by atoms with Crippen molar-refractivity contribution in [3.63, 3.8) is 0 Å². The highest BCUT2D eigenvalue weighted by Gasteiger charge is 2.08. The maximum atomic E-state index is 5.64. The number of aryl methyl sites for hydroxylation is 1. The lowest BCUT2D eigenvalue weighted by Crippen LogP contribution is -2.35. The van der Waals surface area contributed by atoms with Gasteiger partial charge < -0.3 is 10.1 Å². The summed E-state index contributed by atoms with van der Waals surface area (Å²) < 4.78 is 5.64. The van der Waals surface area contributed by atoms with E-state index in [-0.39, 0.29) is 5.54 Å². The molecular weight excluding hydrogens is 250 g/mol. The molecule has 0 bridgehead atoms. The van der Waals surface area contributed by atoms with Gasteiger partial charge in [-0.05, 0) is 45.4 Å². The summed E-state index contributed by atoms with van der Waals surface area (Å²) in [5.41, 5.74) is 2.20. The lowest BCUT2D eigenvalue weighted by Gasteiger charge is -2.20. The van der Waals surface area contributed by atoms with Crippen LogP contribution in [0.25, 0.3) is 0 Å². The van der Waals surface area contributed by atoms with Gasteiger partial charge in [0.15, 0.2) is 0 Å². The Morgan fingerprint density at radius 2 is 1.85 bits per heavy atom. The number of rotatable bonds is 4. The Hall–Kier alpha value is -1.94. The third-order valence-corrected chi connectivity index (χ3v) is 2.73. The molecule has 2 rings (SSSR count). The molecule has 0 radical (unpaired) electrons. The number of ether oxygens (including phenoxy) is 1. The van der Waals surface area contributed by atoms with Crippen LogP contribution in [0.2, 0.25) is 0 Å². The van der Waals surface area contributed by atoms with E-state index in [0.29, 0.717) is 11.6 Å². The zero-order chi connectivity index (χ0) is 14.6. The first-order valence-electron chi connectivity index (χ1n) is 6.73. The van der Waals surface area contributed by atoms with Crippen LogP contribution in [-0.2, 0) is 6.54 Å². The van der Waals surface area contributed by atoms with Crippen LogP contribution in [0.1, 0.15) is 32.0 Å². The van der Waals surface area contributed by atoms with Gasteiger partial charge in [0, 0.05) is 30.0 Å². The van der Waals surface area contributed by atoms with Crippen molar-refractivity contribution < 1.29 is 4.74 Å². The summed E-state index contributed by atoms with van der Waals surface area (Å²) in [5, 5.41) is 3.42. The molecule has 0 saturated carbocycles. The van der Waals surface area contributed by atoms with Gasteiger partial charge in [0.25, 0.3) is 0 Å². The highest BCUT2D eigenvalue weighted by molar-refractivity contribution is 5.26. The molecule has 20 heavy (non-hydrogen) atoms. The second-order valence-electron chi connectivity index (χ2n) is 5.85. The SMILES string of the molecule is Cc1ccc(Oc2ccc(CNC(C)(C)C)cn2)cn1. The molecule has 106 valence electrons. The predicted molar refractivity (Wildman–Crippen MR) is 79.9 cm³/mol. The molecule has 0 aromatic carbocycles. The van der Waals surface area contributed by atoms with Crippen molar-refractivity contribution in [1.82, 2.24) is 15.3 Å². The van der Waals surface area contributed by atoms with E-state index in [1.54, 1.807) is 6.20 Å². The van der Waals surface area contributed by atoms with Gasteiger partial charge in [0.05, 0.1) is 6.20 Å². The molecule has 0 atom stereocenters. The van der Waals surface area contributed by atoms with Crippen LogP contribution in [0.3, 0.4) is 0 Å². The van der Waals surface area contributed by atoms with Crippen molar-refractivity contribution in [2.75, 3.05) is 0 Å². The minimum atomic E-state index is 0.0999. The fourth-order valence-electron chi connectivity index (χ4n) is 1.58. The molecule has 0 aliphatic heterocycles. The topological polar surface area (TPSA) is 47.0 Å². The van der Waals surface area contributed by atoms with Crippen LogP contribution in [-0.4, -0.2) is 15.5 Å². The van der Waals surface area contributed by atoms with Crippen molar-refractivity contribution >= 4 is 0 Å². The van der Waals surface area contributed by atoms with Crippen LogP contribution in [0.4, 0.5) is 0 Å². The highest BCUT2D eigenvalue weighted by atomic mass is 16.5. The van der Waals surface area contributed by atoms with E-state index < -0.39 is 0 Å². The first kappa shape index (κ1) is 14.5. The van der Waals surface area contributed by atoms with Crippen LogP contribution in [0, 0.1) is 6.92 Å². The Bertz CT molecular complexity index is 541. The van der Waals surface area contributed by atoms with E-state index in [1.807, 2.05) is 37.4 Å². The van der Waals surface area contributed by atoms with E-state index in [2.05, 4.69) is 36.1 Å². The monoisotopic (exact) mass is 271 g/mol. The standard InChI is InChI=1S/C16H21N3O/c1-12-5-7-14(11-17-12)20-15-8-6-13(9-18-15)10-19-16(2,3)4/h5-9,11,19H,10H2,1-4H3. The van der Waals surface area contributed by atoms with E-state index in [1.165, 1.54) is 0 Å². The fraction of sp³-hybridized carbons (Fsp3) is 0.375. The number of hydrogen-bond donors (Lipinski definition) is 1. The number of hydrogen-bond acceptors (Lipinski definition) is 4. The average Bonchev–Trinajstić information content (AvgIpc) is 2.40. The minimum absolute atomic E-state index is 0.0999. The molecule has 0 spiro atoms. The lowest BCUT2D eigenvalue weighted by atomic mass is 10.1. The van der Waals surface area contributed by atoms with E-state index >= 15 is 0 Å². The molecule has 2 aromatic heterocycles. The molecule has 2 aromatic rings. The van der Waals surface area contributed by atoms with E-state index in [9.17, 15) is 0 Å². The van der Waals surface area contributed by atoms with Gasteiger partial charge in [-0.1, -0.05) is 6.07 Å². The van der Waals surface area contributed by atoms with Crippen molar-refractivity contribution in [2.24, 2.45) is 0 Å². The largest absolute Gasteiger partial charge is 0.437 e. The van der Waals surface area contributed by atoms with Crippen LogP contribution < -0.4 is 10.1 Å². The average molecular weight is 271 g/mol. The minimum Gasteiger partial charge on any atom is -0.437 e. The maximum absolute atomic E-state index is 5.64. The fourth-order valence-corrected chi connectivity index (χ4v) is 1.58. The van der Waals surface area contributed by atoms with E-state index in [4.69, 9.17) is 4.74 Å². The molecule has 0 aliphatic rings. The summed E-state index contributed by atoms with van der Waals surface area (Å²) in [6.45, 7) is 9.16. The highest BCUT2D eigenvalue weighted by Crippen LogP contribution is 2.18. The lowest BCUT2D eigenvalue weighted by molar-refractivity contribution is 0.423. The quantitative estimate of drug-likeness (QED) is 0.925. The molecular formula is C16H21N3O. The first-order chi connectivity index (χ1) is 9.42. The summed E-state index contributed by atoms with van der Waals surface area (Å²) in [5.74, 6) is 1.28. The molecule has 1 N–H and O–H groups in total. The second-order valence-corrected chi connectivity index (χ2v) is 5.85. The second kappa shape index (κ2) is 6.01. The third-order valence-electron chi connectivity index (χ3n) is 2.73. The Labute approximate surface area is 120 Å². The molecule has 0 fully saturated rings. The zero-order valence-electron chi connectivity index (χ0n) is 12.5. The molecule has 0 unspecified atom stereocenters. The Morgan fingerprint density at radius 3 is 2.40 bits per heavy atom. The predicted octanol–water partition coefficient (Wildman–Crippen LogP) is 3.47. The summed E-state index contributed by atoms with van der Waals surface area (Å²) in [6, 6.07) is 7.69. The molecule has 0 amide bonds. The molecule has 4 nitrogen and oxygen atoms in total. The van der Waals surface area contributed by atoms with Crippen molar-refractivity contribution in [2.45, 2.75) is 39.8 Å². The van der Waals surface area contributed by atoms with Crippen LogP contribution >= 0.6 is 0 Å².